The fourth-order valence-corrected chi connectivity index (χ4v) is 8.40. The van der Waals surface area contributed by atoms with Crippen LogP contribution in [0.5, 0.6) is 0 Å². The highest BCUT2D eigenvalue weighted by molar-refractivity contribution is 8.00. The smallest absolute Gasteiger partial charge is 0.264 e. The quantitative estimate of drug-likeness (QED) is 0.0894. The van der Waals surface area contributed by atoms with Gasteiger partial charge >= 0.3 is 0 Å². The molecule has 1 amide bonds. The fraction of sp³-hybridized carbons (Fsp3) is 0.256. The van der Waals surface area contributed by atoms with Crippen LogP contribution >= 0.6 is 23.4 Å². The van der Waals surface area contributed by atoms with Crippen LogP contribution in [0, 0.1) is 6.92 Å². The van der Waals surface area contributed by atoms with Gasteiger partial charge in [-0.2, -0.15) is 0 Å². The van der Waals surface area contributed by atoms with Gasteiger partial charge in [-0.05, 0) is 116 Å². The van der Waals surface area contributed by atoms with E-state index >= 15 is 0 Å². The lowest BCUT2D eigenvalue weighted by atomic mass is 9.99. The SMILES string of the molecule is Cc1cc(S(=O)(=O)NC(=O)c2ccc(N3CCN(Cc4ccccc4-c4ccc(Cl)cc4)CC3)cc2)ccc1N=C(CCN(C)C)CSc1ccccc1. The molecule has 5 aromatic carbocycles. The van der Waals surface area contributed by atoms with Crippen molar-refractivity contribution in [1.29, 1.82) is 0 Å². The highest BCUT2D eigenvalue weighted by atomic mass is 35.5. The number of sulfonamides is 1. The van der Waals surface area contributed by atoms with Gasteiger partial charge in [-0.25, -0.2) is 13.1 Å². The van der Waals surface area contributed by atoms with Crippen LogP contribution in [0.2, 0.25) is 5.02 Å². The molecule has 1 fully saturated rings. The van der Waals surface area contributed by atoms with Gasteiger partial charge in [-0.15, -0.1) is 11.8 Å². The Hall–Kier alpha value is -4.45. The first-order valence-electron chi connectivity index (χ1n) is 18.0. The average molecular weight is 780 g/mol. The maximum Gasteiger partial charge on any atom is 0.264 e. The van der Waals surface area contributed by atoms with Gasteiger partial charge in [0.1, 0.15) is 0 Å². The molecular formula is C43H46ClN5O3S2. The van der Waals surface area contributed by atoms with E-state index < -0.39 is 15.9 Å². The third-order valence-electron chi connectivity index (χ3n) is 9.41. The van der Waals surface area contributed by atoms with Crippen LogP contribution in [0.3, 0.4) is 0 Å². The molecule has 0 aromatic heterocycles. The van der Waals surface area contributed by atoms with Gasteiger partial charge in [0.2, 0.25) is 0 Å². The molecule has 0 radical (unpaired) electrons. The second kappa shape index (κ2) is 18.3. The summed E-state index contributed by atoms with van der Waals surface area (Å²) in [5.41, 5.74) is 7.35. The first-order chi connectivity index (χ1) is 26.0. The molecule has 280 valence electrons. The summed E-state index contributed by atoms with van der Waals surface area (Å²) in [6.07, 6.45) is 0.790. The number of carbonyl (C=O) groups excluding carboxylic acids is 1. The zero-order chi connectivity index (χ0) is 38.1. The van der Waals surface area contributed by atoms with Gasteiger partial charge in [-0.3, -0.25) is 14.7 Å². The third kappa shape index (κ3) is 10.6. The molecule has 0 bridgehead atoms. The van der Waals surface area contributed by atoms with Crippen molar-refractivity contribution in [3.8, 4) is 11.1 Å². The molecular weight excluding hydrogens is 734 g/mol. The number of benzene rings is 5. The predicted molar refractivity (Wildman–Crippen MR) is 224 cm³/mol. The number of amides is 1. The van der Waals surface area contributed by atoms with Crippen LogP contribution in [-0.2, 0) is 16.6 Å². The van der Waals surface area contributed by atoms with Gasteiger partial charge in [0.25, 0.3) is 15.9 Å². The third-order valence-corrected chi connectivity index (χ3v) is 12.1. The summed E-state index contributed by atoms with van der Waals surface area (Å²) in [6, 6.07) is 38.6. The Bertz CT molecular complexity index is 2170. The normalized spacial score (nSPS) is 14.0. The number of aryl methyl sites for hydroxylation is 1. The van der Waals surface area contributed by atoms with Crippen molar-refractivity contribution in [2.45, 2.75) is 29.7 Å². The summed E-state index contributed by atoms with van der Waals surface area (Å²) in [7, 11) is -0.0462. The number of hydrogen-bond acceptors (Lipinski definition) is 8. The Balaban J connectivity index is 1.04. The second-order valence-corrected chi connectivity index (χ2v) is 16.9. The number of nitrogens with one attached hydrogen (secondary N) is 1. The number of nitrogens with zero attached hydrogens (tertiary/aromatic N) is 4. The zero-order valence-corrected chi connectivity index (χ0v) is 33.3. The monoisotopic (exact) mass is 779 g/mol. The highest BCUT2D eigenvalue weighted by Gasteiger charge is 2.22. The van der Waals surface area contributed by atoms with E-state index in [0.717, 1.165) is 73.4 Å². The number of halogens is 1. The molecule has 0 unspecified atom stereocenters. The summed E-state index contributed by atoms with van der Waals surface area (Å²) < 4.78 is 28.9. The fourth-order valence-electron chi connectivity index (χ4n) is 6.33. The molecule has 1 aliphatic heterocycles. The summed E-state index contributed by atoms with van der Waals surface area (Å²) in [6.45, 7) is 7.00. The highest BCUT2D eigenvalue weighted by Crippen LogP contribution is 2.28. The Morgan fingerprint density at radius 1 is 0.852 bits per heavy atom. The minimum atomic E-state index is -4.11. The molecule has 11 heteroatoms. The number of rotatable bonds is 14. The van der Waals surface area contributed by atoms with E-state index in [1.54, 1.807) is 36.0 Å². The van der Waals surface area contributed by atoms with Crippen LogP contribution in [0.1, 0.15) is 27.9 Å². The molecule has 0 saturated carbocycles. The Kier molecular flexibility index (Phi) is 13.3. The van der Waals surface area contributed by atoms with Crippen LogP contribution in [-0.4, -0.2) is 82.4 Å². The second-order valence-electron chi connectivity index (χ2n) is 13.7. The molecule has 1 heterocycles. The maximum atomic E-state index is 13.3. The van der Waals surface area contributed by atoms with Crippen molar-refractivity contribution in [2.75, 3.05) is 57.5 Å². The maximum absolute atomic E-state index is 13.3. The van der Waals surface area contributed by atoms with Crippen molar-refractivity contribution < 1.29 is 13.2 Å². The van der Waals surface area contributed by atoms with Gasteiger partial charge in [-0.1, -0.05) is 66.2 Å². The standard InChI is InChI=1S/C43H46ClN5O3S2/c1-32-29-40(21-22-42(32)45-37(23-24-47(2)3)31-53-39-10-5-4-6-11-39)54(51,52)46-43(50)34-15-19-38(20-16-34)49-27-25-48(26-28-49)30-35-9-7-8-12-41(35)33-13-17-36(44)18-14-33/h4-22,29H,23-28,30-31H2,1-3H3,(H,46,50). The lowest BCUT2D eigenvalue weighted by Crippen LogP contribution is -2.46. The van der Waals surface area contributed by atoms with Crippen LogP contribution in [0.25, 0.3) is 11.1 Å². The van der Waals surface area contributed by atoms with E-state index in [1.165, 1.54) is 22.1 Å². The molecule has 5 aromatic rings. The van der Waals surface area contributed by atoms with Crippen molar-refractivity contribution in [3.05, 3.63) is 143 Å². The van der Waals surface area contributed by atoms with Gasteiger partial charge in [0.15, 0.2) is 0 Å². The molecule has 1 aliphatic rings. The molecule has 0 atom stereocenters. The average Bonchev–Trinajstić information content (AvgIpc) is 3.17. The number of aliphatic imine (C=N–C) groups is 1. The van der Waals surface area contributed by atoms with Gasteiger partial charge in [0.05, 0.1) is 10.6 Å². The largest absolute Gasteiger partial charge is 0.369 e. The van der Waals surface area contributed by atoms with E-state index in [0.29, 0.717) is 11.3 Å². The lowest BCUT2D eigenvalue weighted by Gasteiger charge is -2.36. The summed E-state index contributed by atoms with van der Waals surface area (Å²) >= 11 is 7.85. The first kappa shape index (κ1) is 39.2. The molecule has 0 aliphatic carbocycles. The van der Waals surface area contributed by atoms with E-state index in [9.17, 15) is 13.2 Å². The lowest BCUT2D eigenvalue weighted by molar-refractivity contribution is 0.0981. The van der Waals surface area contributed by atoms with Crippen LogP contribution in [0.4, 0.5) is 11.4 Å². The number of piperazine rings is 1. The van der Waals surface area contributed by atoms with Crippen LogP contribution in [0.15, 0.2) is 136 Å². The molecule has 0 spiro atoms. The Morgan fingerprint density at radius 3 is 2.22 bits per heavy atom. The molecule has 6 rings (SSSR count). The molecule has 8 nitrogen and oxygen atoms in total. The topological polar surface area (TPSA) is 85.3 Å². The van der Waals surface area contributed by atoms with E-state index in [2.05, 4.69) is 68.0 Å². The van der Waals surface area contributed by atoms with Gasteiger partial charge in [0, 0.05) is 71.9 Å². The summed E-state index contributed by atoms with van der Waals surface area (Å²) in [4.78, 5) is 26.1. The van der Waals surface area contributed by atoms with Crippen molar-refractivity contribution in [3.63, 3.8) is 0 Å². The summed E-state index contributed by atoms with van der Waals surface area (Å²) in [5, 5.41) is 0.725. The van der Waals surface area contributed by atoms with Crippen molar-refractivity contribution in [1.82, 2.24) is 14.5 Å². The zero-order valence-electron chi connectivity index (χ0n) is 30.9. The van der Waals surface area contributed by atoms with E-state index in [-0.39, 0.29) is 10.5 Å². The van der Waals surface area contributed by atoms with Gasteiger partial charge < -0.3 is 9.80 Å². The molecule has 1 N–H and O–H groups in total. The minimum absolute atomic E-state index is 0.0195. The minimum Gasteiger partial charge on any atom is -0.369 e. The molecule has 54 heavy (non-hydrogen) atoms. The number of anilines is 1. The number of hydrogen-bond donors (Lipinski definition) is 1. The number of thioether (sulfide) groups is 1. The number of carbonyl (C=O) groups is 1. The Labute approximate surface area is 328 Å². The first-order valence-corrected chi connectivity index (χ1v) is 20.9. The van der Waals surface area contributed by atoms with Crippen molar-refractivity contribution in [2.24, 2.45) is 4.99 Å². The van der Waals surface area contributed by atoms with E-state index in [1.807, 2.05) is 63.5 Å². The van der Waals surface area contributed by atoms with Crippen LogP contribution < -0.4 is 9.62 Å². The predicted octanol–water partition coefficient (Wildman–Crippen LogP) is 8.57. The summed E-state index contributed by atoms with van der Waals surface area (Å²) in [5.74, 6) is 0.0536. The molecule has 1 saturated heterocycles. The van der Waals surface area contributed by atoms with E-state index in [4.69, 9.17) is 16.6 Å². The van der Waals surface area contributed by atoms with Crippen molar-refractivity contribution >= 4 is 56.4 Å². The Morgan fingerprint density at radius 2 is 1.54 bits per heavy atom.